The summed E-state index contributed by atoms with van der Waals surface area (Å²) in [5.74, 6) is -0.0331. The number of rotatable bonds is 6. The van der Waals surface area contributed by atoms with Crippen molar-refractivity contribution in [3.8, 4) is 16.9 Å². The molecule has 2 N–H and O–H groups in total. The normalized spacial score (nSPS) is 15.5. The number of nitrogens with one attached hydrogen (secondary N) is 1. The number of piperazine rings is 1. The molecular weight excluding hydrogens is 559 g/mol. The van der Waals surface area contributed by atoms with Crippen LogP contribution in [0.25, 0.3) is 22.0 Å². The number of hydrogen-bond donors (Lipinski definition) is 2. The van der Waals surface area contributed by atoms with Crippen molar-refractivity contribution in [1.29, 1.82) is 0 Å². The molecule has 1 aromatic heterocycles. The molecule has 8 nitrogen and oxygen atoms in total. The third-order valence-electron chi connectivity index (χ3n) is 8.70. The number of hydrogen-bond acceptors (Lipinski definition) is 4. The zero-order valence-corrected chi connectivity index (χ0v) is 24.2. The van der Waals surface area contributed by atoms with Crippen molar-refractivity contribution in [2.75, 3.05) is 38.2 Å². The van der Waals surface area contributed by atoms with E-state index >= 15 is 0 Å². The molecule has 9 heteroatoms. The largest absolute Gasteiger partial charge is 0.496 e. The van der Waals surface area contributed by atoms with E-state index in [1.165, 1.54) is 17.0 Å². The molecule has 1 unspecified atom stereocenters. The molecule has 4 aromatic carbocycles. The van der Waals surface area contributed by atoms with Crippen LogP contribution < -0.4 is 9.64 Å². The highest BCUT2D eigenvalue weighted by atomic mass is 19.1. The van der Waals surface area contributed by atoms with Crippen LogP contribution in [0.4, 0.5) is 14.9 Å². The Morgan fingerprint density at radius 1 is 0.909 bits per heavy atom. The Bertz CT molecular complexity index is 1850. The van der Waals surface area contributed by atoms with Crippen LogP contribution in [0.3, 0.4) is 0 Å². The lowest BCUT2D eigenvalue weighted by Gasteiger charge is -2.34. The average Bonchev–Trinajstić information content (AvgIpc) is 3.62. The summed E-state index contributed by atoms with van der Waals surface area (Å²) in [6, 6.07) is 27.8. The predicted octanol–water partition coefficient (Wildman–Crippen LogP) is 6.53. The lowest BCUT2D eigenvalue weighted by atomic mass is 9.99. The first kappa shape index (κ1) is 27.5. The minimum absolute atomic E-state index is 0.134. The van der Waals surface area contributed by atoms with Gasteiger partial charge in [-0.05, 0) is 70.6 Å². The number of amides is 2. The SMILES string of the molecule is COc1ccc(F)cc1C(c1cc2ccccc2[nH]1)N1Cc2ccc(-c3ccc(N4CCN(C(=O)O)CC4)cc3)cc2C1=O. The zero-order valence-electron chi connectivity index (χ0n) is 24.2. The van der Waals surface area contributed by atoms with Gasteiger partial charge in [-0.25, -0.2) is 9.18 Å². The summed E-state index contributed by atoms with van der Waals surface area (Å²) in [6.45, 7) is 2.60. The minimum Gasteiger partial charge on any atom is -0.496 e. The molecular formula is C35H31FN4O4. The number of halogens is 1. The van der Waals surface area contributed by atoms with Crippen molar-refractivity contribution in [2.45, 2.75) is 12.6 Å². The number of benzene rings is 4. The van der Waals surface area contributed by atoms with Gasteiger partial charge in [-0.2, -0.15) is 0 Å². The van der Waals surface area contributed by atoms with Crippen molar-refractivity contribution in [2.24, 2.45) is 0 Å². The summed E-state index contributed by atoms with van der Waals surface area (Å²) in [5.41, 5.74) is 6.74. The molecule has 5 aromatic rings. The van der Waals surface area contributed by atoms with E-state index < -0.39 is 18.0 Å². The van der Waals surface area contributed by atoms with E-state index in [2.05, 4.69) is 9.88 Å². The number of carbonyl (C=O) groups is 2. The highest BCUT2D eigenvalue weighted by Crippen LogP contribution is 2.41. The predicted molar refractivity (Wildman–Crippen MR) is 167 cm³/mol. The van der Waals surface area contributed by atoms with E-state index in [1.54, 1.807) is 18.1 Å². The molecule has 1 atom stereocenters. The number of fused-ring (bicyclic) bond motifs is 2. The van der Waals surface area contributed by atoms with Crippen LogP contribution in [0.5, 0.6) is 5.75 Å². The molecule has 44 heavy (non-hydrogen) atoms. The number of carboxylic acid groups (broad SMARTS) is 1. The minimum atomic E-state index is -0.882. The maximum absolute atomic E-state index is 14.7. The second kappa shape index (κ2) is 11.1. The Kier molecular flexibility index (Phi) is 6.93. The van der Waals surface area contributed by atoms with Crippen LogP contribution in [0, 0.1) is 5.82 Å². The molecule has 0 saturated carbocycles. The summed E-state index contributed by atoms with van der Waals surface area (Å²) in [5, 5.41) is 10.2. The molecule has 2 aliphatic heterocycles. The van der Waals surface area contributed by atoms with Gasteiger partial charge in [-0.3, -0.25) is 4.79 Å². The Balaban J connectivity index is 1.19. The average molecular weight is 591 g/mol. The monoisotopic (exact) mass is 590 g/mol. The molecule has 2 aliphatic rings. The number of H-pyrrole nitrogens is 1. The van der Waals surface area contributed by atoms with Gasteiger partial charge >= 0.3 is 6.09 Å². The topological polar surface area (TPSA) is 89.1 Å². The van der Waals surface area contributed by atoms with Crippen LogP contribution >= 0.6 is 0 Å². The number of nitrogens with zero attached hydrogens (tertiary/aromatic N) is 3. The quantitative estimate of drug-likeness (QED) is 0.235. The Morgan fingerprint density at radius 2 is 1.66 bits per heavy atom. The molecule has 3 heterocycles. The van der Waals surface area contributed by atoms with Crippen molar-refractivity contribution in [3.63, 3.8) is 0 Å². The van der Waals surface area contributed by atoms with Crippen LogP contribution in [-0.4, -0.2) is 65.2 Å². The fourth-order valence-corrected chi connectivity index (χ4v) is 6.40. The Labute approximate surface area is 253 Å². The van der Waals surface area contributed by atoms with Crippen LogP contribution in [0.1, 0.15) is 33.2 Å². The number of aromatic amines is 1. The second-order valence-corrected chi connectivity index (χ2v) is 11.2. The van der Waals surface area contributed by atoms with Gasteiger partial charge in [0.1, 0.15) is 17.6 Å². The first-order chi connectivity index (χ1) is 21.4. The van der Waals surface area contributed by atoms with Crippen molar-refractivity contribution in [3.05, 3.63) is 119 Å². The van der Waals surface area contributed by atoms with Crippen molar-refractivity contribution < 1.29 is 23.8 Å². The van der Waals surface area contributed by atoms with Gasteiger partial charge < -0.3 is 29.5 Å². The molecule has 0 spiro atoms. The molecule has 1 saturated heterocycles. The zero-order chi connectivity index (χ0) is 30.4. The van der Waals surface area contributed by atoms with E-state index in [-0.39, 0.29) is 5.91 Å². The highest BCUT2D eigenvalue weighted by Gasteiger charge is 2.37. The maximum Gasteiger partial charge on any atom is 0.407 e. The van der Waals surface area contributed by atoms with Gasteiger partial charge in [0.05, 0.1) is 7.11 Å². The third-order valence-corrected chi connectivity index (χ3v) is 8.70. The summed E-state index contributed by atoms with van der Waals surface area (Å²) in [7, 11) is 1.55. The van der Waals surface area contributed by atoms with Gasteiger partial charge in [0.25, 0.3) is 5.91 Å². The number of ether oxygens (including phenoxy) is 1. The lowest BCUT2D eigenvalue weighted by Crippen LogP contribution is -2.48. The van der Waals surface area contributed by atoms with Crippen LogP contribution in [-0.2, 0) is 6.54 Å². The van der Waals surface area contributed by atoms with E-state index in [1.807, 2.05) is 72.8 Å². The first-order valence-electron chi connectivity index (χ1n) is 14.6. The number of methoxy groups -OCH3 is 1. The van der Waals surface area contributed by atoms with Gasteiger partial charge in [0.2, 0.25) is 0 Å². The van der Waals surface area contributed by atoms with E-state index in [0.717, 1.165) is 39.0 Å². The number of aromatic nitrogens is 1. The number of carbonyl (C=O) groups excluding carboxylic acids is 1. The van der Waals surface area contributed by atoms with E-state index in [4.69, 9.17) is 4.74 Å². The molecule has 0 radical (unpaired) electrons. The molecule has 2 amide bonds. The van der Waals surface area contributed by atoms with E-state index in [9.17, 15) is 19.1 Å². The summed E-state index contributed by atoms with van der Waals surface area (Å²) < 4.78 is 20.3. The summed E-state index contributed by atoms with van der Waals surface area (Å²) in [6.07, 6.45) is -0.882. The summed E-state index contributed by atoms with van der Waals surface area (Å²) >= 11 is 0. The van der Waals surface area contributed by atoms with Crippen LogP contribution in [0.2, 0.25) is 0 Å². The fraction of sp³-hybridized carbons (Fsp3) is 0.200. The third kappa shape index (κ3) is 4.90. The smallest absolute Gasteiger partial charge is 0.407 e. The van der Waals surface area contributed by atoms with Gasteiger partial charge in [-0.1, -0.05) is 42.5 Å². The van der Waals surface area contributed by atoms with Gasteiger partial charge in [0.15, 0.2) is 0 Å². The molecule has 1 fully saturated rings. The van der Waals surface area contributed by atoms with Crippen LogP contribution in [0.15, 0.2) is 91.0 Å². The van der Waals surface area contributed by atoms with Crippen molar-refractivity contribution >= 4 is 28.6 Å². The van der Waals surface area contributed by atoms with E-state index in [0.29, 0.717) is 49.6 Å². The first-order valence-corrected chi connectivity index (χ1v) is 14.6. The molecule has 222 valence electrons. The standard InChI is InChI=1S/C35H31FN4O4/c1-44-32-13-10-26(36)20-29(32)33(31-19-24-4-2-3-5-30(24)37-31)40-21-25-7-6-23(18-28(25)34(40)41)22-8-11-27(12-9-22)38-14-16-39(17-15-38)35(42)43/h2-13,18-20,33,37H,14-17,21H2,1H3,(H,42,43). The Morgan fingerprint density at radius 3 is 2.39 bits per heavy atom. The Hall–Kier alpha value is -5.31. The van der Waals surface area contributed by atoms with Crippen molar-refractivity contribution in [1.82, 2.24) is 14.8 Å². The number of para-hydroxylation sites is 1. The van der Waals surface area contributed by atoms with Gasteiger partial charge in [0, 0.05) is 60.7 Å². The summed E-state index contributed by atoms with van der Waals surface area (Å²) in [4.78, 5) is 34.2. The highest BCUT2D eigenvalue weighted by molar-refractivity contribution is 6.00. The fourth-order valence-electron chi connectivity index (χ4n) is 6.40. The second-order valence-electron chi connectivity index (χ2n) is 11.2. The molecule has 0 aliphatic carbocycles. The molecule has 0 bridgehead atoms. The number of anilines is 1. The van der Waals surface area contributed by atoms with Gasteiger partial charge in [-0.15, -0.1) is 0 Å². The lowest BCUT2D eigenvalue weighted by molar-refractivity contribution is 0.0726. The maximum atomic E-state index is 14.7. The molecule has 7 rings (SSSR count).